The molecule has 0 saturated carbocycles. The van der Waals surface area contributed by atoms with Gasteiger partial charge in [-0.05, 0) is 89.9 Å². The monoisotopic (exact) mass is 756 g/mol. The first-order chi connectivity index (χ1) is 24.7. The number of unbranched alkanes of at least 4 members (excludes halogenated alkanes) is 7. The zero-order valence-electron chi connectivity index (χ0n) is 32.5. The van der Waals surface area contributed by atoms with E-state index in [4.69, 9.17) is 9.47 Å². The van der Waals surface area contributed by atoms with Gasteiger partial charge < -0.3 is 20.1 Å². The SMILES string of the molecule is CC(C)(C)OC(=O)NC(Cc1ccccc1)C(=O)CCSCCCCCCCCCCSCCC(=O)C(Cc1ccccc1)NC(=O)OC(C)(C)C. The summed E-state index contributed by atoms with van der Waals surface area (Å²) in [5, 5.41) is 5.60. The van der Waals surface area contributed by atoms with Gasteiger partial charge in [0.1, 0.15) is 11.2 Å². The summed E-state index contributed by atoms with van der Waals surface area (Å²) in [7, 11) is 0. The Morgan fingerprint density at radius 1 is 0.519 bits per heavy atom. The van der Waals surface area contributed by atoms with Gasteiger partial charge in [0.15, 0.2) is 11.6 Å². The second-order valence-corrected chi connectivity index (χ2v) is 17.7. The van der Waals surface area contributed by atoms with Gasteiger partial charge in [0.2, 0.25) is 0 Å². The summed E-state index contributed by atoms with van der Waals surface area (Å²) in [6.45, 7) is 10.9. The van der Waals surface area contributed by atoms with E-state index in [0.29, 0.717) is 25.7 Å². The molecule has 0 aliphatic carbocycles. The highest BCUT2D eigenvalue weighted by Crippen LogP contribution is 2.16. The number of nitrogens with one attached hydrogen (secondary N) is 2. The Bertz CT molecular complexity index is 1210. The van der Waals surface area contributed by atoms with Crippen LogP contribution < -0.4 is 10.6 Å². The standard InChI is InChI=1S/C42H64N2O6S2/c1-41(2,3)49-39(47)43-35(31-33-21-15-13-16-22-33)37(45)25-29-51-27-19-11-9-7-8-10-12-20-28-52-30-26-38(46)36(32-34-23-17-14-18-24-34)44-40(48)50-42(4,5)6/h13-18,21-24,35-36H,7-12,19-20,25-32H2,1-6H3,(H,43,47)(H,44,48). The van der Waals surface area contributed by atoms with Crippen molar-refractivity contribution in [1.29, 1.82) is 0 Å². The molecule has 2 aromatic rings. The summed E-state index contributed by atoms with van der Waals surface area (Å²) < 4.78 is 10.8. The van der Waals surface area contributed by atoms with Crippen molar-refractivity contribution in [2.75, 3.05) is 23.0 Å². The molecule has 0 spiro atoms. The molecule has 0 fully saturated rings. The number of thioether (sulfide) groups is 2. The molecule has 2 amide bonds. The Morgan fingerprint density at radius 3 is 1.17 bits per heavy atom. The fourth-order valence-electron chi connectivity index (χ4n) is 5.46. The van der Waals surface area contributed by atoms with Crippen LogP contribution in [-0.2, 0) is 31.9 Å². The average molecular weight is 757 g/mol. The van der Waals surface area contributed by atoms with Crippen molar-refractivity contribution in [2.24, 2.45) is 0 Å². The summed E-state index contributed by atoms with van der Waals surface area (Å²) in [5.41, 5.74) is 0.771. The van der Waals surface area contributed by atoms with Crippen molar-refractivity contribution in [1.82, 2.24) is 10.6 Å². The fourth-order valence-corrected chi connectivity index (χ4v) is 7.37. The van der Waals surface area contributed by atoms with E-state index in [1.54, 1.807) is 0 Å². The Labute approximate surface area is 322 Å². The number of alkyl carbamates (subject to hydrolysis) is 2. The molecule has 2 N–H and O–H groups in total. The van der Waals surface area contributed by atoms with Crippen LogP contribution in [-0.4, -0.2) is 70.1 Å². The van der Waals surface area contributed by atoms with E-state index in [1.165, 1.54) is 38.5 Å². The summed E-state index contributed by atoms with van der Waals surface area (Å²) in [5.74, 6) is 3.66. The second kappa shape index (κ2) is 25.1. The third kappa shape index (κ3) is 22.8. The topological polar surface area (TPSA) is 111 Å². The summed E-state index contributed by atoms with van der Waals surface area (Å²) in [6.07, 6.45) is 10.3. The van der Waals surface area contributed by atoms with Crippen LogP contribution in [0.5, 0.6) is 0 Å². The lowest BCUT2D eigenvalue weighted by Gasteiger charge is -2.23. The molecule has 0 heterocycles. The molecule has 290 valence electrons. The maximum absolute atomic E-state index is 13.0. The van der Waals surface area contributed by atoms with Gasteiger partial charge in [-0.3, -0.25) is 9.59 Å². The molecule has 52 heavy (non-hydrogen) atoms. The number of carbonyl (C=O) groups excluding carboxylic acids is 4. The van der Waals surface area contributed by atoms with Crippen molar-refractivity contribution in [3.05, 3.63) is 71.8 Å². The first kappa shape index (κ1) is 45.2. The van der Waals surface area contributed by atoms with Gasteiger partial charge in [-0.1, -0.05) is 99.2 Å². The number of hydrogen-bond donors (Lipinski definition) is 2. The highest BCUT2D eigenvalue weighted by molar-refractivity contribution is 7.99. The number of benzene rings is 2. The van der Waals surface area contributed by atoms with Gasteiger partial charge in [0.05, 0.1) is 12.1 Å². The number of hydrogen-bond acceptors (Lipinski definition) is 8. The van der Waals surface area contributed by atoms with Crippen molar-refractivity contribution in [2.45, 2.75) is 142 Å². The summed E-state index contributed by atoms with van der Waals surface area (Å²) in [4.78, 5) is 50.9. The number of Topliss-reactive ketones (excluding diaryl/α,β-unsaturated/α-hetero) is 2. The van der Waals surface area contributed by atoms with Crippen molar-refractivity contribution >= 4 is 47.3 Å². The number of amides is 2. The third-order valence-corrected chi connectivity index (χ3v) is 10.2. The maximum atomic E-state index is 13.0. The Kier molecular flexibility index (Phi) is 21.8. The first-order valence-electron chi connectivity index (χ1n) is 19.0. The van der Waals surface area contributed by atoms with Gasteiger partial charge in [-0.25, -0.2) is 9.59 Å². The van der Waals surface area contributed by atoms with Crippen LogP contribution in [0.15, 0.2) is 60.7 Å². The molecule has 0 saturated heterocycles. The highest BCUT2D eigenvalue weighted by atomic mass is 32.2. The van der Waals surface area contributed by atoms with E-state index < -0.39 is 35.5 Å². The average Bonchev–Trinajstić information content (AvgIpc) is 3.06. The van der Waals surface area contributed by atoms with Crippen LogP contribution in [0.4, 0.5) is 9.59 Å². The minimum Gasteiger partial charge on any atom is -0.444 e. The predicted octanol–water partition coefficient (Wildman–Crippen LogP) is 9.76. The van der Waals surface area contributed by atoms with Crippen molar-refractivity contribution in [3.63, 3.8) is 0 Å². The quantitative estimate of drug-likeness (QED) is 0.0964. The third-order valence-electron chi connectivity index (χ3n) is 8.04. The Morgan fingerprint density at radius 2 is 0.846 bits per heavy atom. The van der Waals surface area contributed by atoms with E-state index in [1.807, 2.05) is 126 Å². The normalized spacial score (nSPS) is 12.8. The molecule has 10 heteroatoms. The van der Waals surface area contributed by atoms with E-state index in [-0.39, 0.29) is 11.6 Å². The number of rotatable bonds is 25. The summed E-state index contributed by atoms with van der Waals surface area (Å²) in [6, 6.07) is 18.3. The molecular weight excluding hydrogens is 693 g/mol. The van der Waals surface area contributed by atoms with Gasteiger partial charge >= 0.3 is 12.2 Å². The molecule has 0 aliphatic rings. The molecule has 0 aliphatic heterocycles. The number of carbonyl (C=O) groups is 4. The van der Waals surface area contributed by atoms with E-state index in [9.17, 15) is 19.2 Å². The minimum absolute atomic E-state index is 0.0363. The van der Waals surface area contributed by atoms with E-state index >= 15 is 0 Å². The predicted molar refractivity (Wildman–Crippen MR) is 217 cm³/mol. The lowest BCUT2D eigenvalue weighted by atomic mass is 10.0. The van der Waals surface area contributed by atoms with Crippen LogP contribution in [0, 0.1) is 0 Å². The van der Waals surface area contributed by atoms with Crippen molar-refractivity contribution < 1.29 is 28.7 Å². The Hall–Kier alpha value is -2.98. The minimum atomic E-state index is -0.621. The van der Waals surface area contributed by atoms with Crippen molar-refractivity contribution in [3.8, 4) is 0 Å². The molecule has 0 bridgehead atoms. The fraction of sp³-hybridized carbons (Fsp3) is 0.619. The van der Waals surface area contributed by atoms with E-state index in [2.05, 4.69) is 10.6 Å². The summed E-state index contributed by atoms with van der Waals surface area (Å²) >= 11 is 3.62. The molecule has 0 radical (unpaired) electrons. The van der Waals surface area contributed by atoms with E-state index in [0.717, 1.165) is 47.0 Å². The molecule has 8 nitrogen and oxygen atoms in total. The zero-order valence-corrected chi connectivity index (χ0v) is 34.1. The van der Waals surface area contributed by atoms with Crippen LogP contribution >= 0.6 is 23.5 Å². The number of ether oxygens (including phenoxy) is 2. The van der Waals surface area contributed by atoms with Gasteiger partial charge in [-0.2, -0.15) is 23.5 Å². The smallest absolute Gasteiger partial charge is 0.408 e. The molecule has 2 unspecified atom stereocenters. The van der Waals surface area contributed by atoms with Crippen LogP contribution in [0.3, 0.4) is 0 Å². The molecule has 2 aromatic carbocycles. The van der Waals surface area contributed by atoms with Gasteiger partial charge in [0.25, 0.3) is 0 Å². The zero-order chi connectivity index (χ0) is 38.2. The molecule has 0 aromatic heterocycles. The first-order valence-corrected chi connectivity index (χ1v) is 21.3. The van der Waals surface area contributed by atoms with Crippen LogP contribution in [0.25, 0.3) is 0 Å². The molecule has 2 rings (SSSR count). The highest BCUT2D eigenvalue weighted by Gasteiger charge is 2.25. The molecule has 2 atom stereocenters. The maximum Gasteiger partial charge on any atom is 0.408 e. The second-order valence-electron chi connectivity index (χ2n) is 15.3. The largest absolute Gasteiger partial charge is 0.444 e. The molecular formula is C42H64N2O6S2. The van der Waals surface area contributed by atoms with Crippen LogP contribution in [0.1, 0.15) is 117 Å². The van der Waals surface area contributed by atoms with Gasteiger partial charge in [0, 0.05) is 24.3 Å². The Balaban J connectivity index is 1.52. The lowest BCUT2D eigenvalue weighted by Crippen LogP contribution is -2.44. The van der Waals surface area contributed by atoms with Gasteiger partial charge in [-0.15, -0.1) is 0 Å². The number of ketones is 2. The lowest BCUT2D eigenvalue weighted by molar-refractivity contribution is -0.121. The van der Waals surface area contributed by atoms with Crippen LogP contribution in [0.2, 0.25) is 0 Å².